The Hall–Kier alpha value is -1.14. The molecule has 0 aromatic carbocycles. The number of aromatic nitrogens is 5. The van der Waals surface area contributed by atoms with Crippen molar-refractivity contribution in [1.29, 1.82) is 0 Å². The molecule has 0 bridgehead atoms. The van der Waals surface area contributed by atoms with Crippen molar-refractivity contribution in [3.63, 3.8) is 0 Å². The molecule has 0 aliphatic carbocycles. The van der Waals surface area contributed by atoms with Gasteiger partial charge in [-0.05, 0) is 17.7 Å². The molecule has 2 rings (SSSR count). The number of hydrogen-bond acceptors (Lipinski definition) is 5. The highest BCUT2D eigenvalue weighted by molar-refractivity contribution is 7.99. The maximum absolute atomic E-state index is 5.83. The van der Waals surface area contributed by atoms with E-state index in [9.17, 15) is 0 Å². The van der Waals surface area contributed by atoms with E-state index in [1.807, 2.05) is 0 Å². The van der Waals surface area contributed by atoms with Crippen LogP contribution in [0.1, 0.15) is 13.8 Å². The summed E-state index contributed by atoms with van der Waals surface area (Å²) < 4.78 is 1.55. The Bertz CT molecular complexity index is 471. The van der Waals surface area contributed by atoms with Gasteiger partial charge in [0.05, 0.1) is 0 Å². The lowest BCUT2D eigenvalue weighted by atomic mass is 10.6. The fourth-order valence-electron chi connectivity index (χ4n) is 1.08. The van der Waals surface area contributed by atoms with E-state index in [4.69, 9.17) is 11.6 Å². The Morgan fingerprint density at radius 2 is 2.12 bits per heavy atom. The van der Waals surface area contributed by atoms with Crippen LogP contribution >= 0.6 is 23.4 Å². The first-order valence-electron chi connectivity index (χ1n) is 4.73. The summed E-state index contributed by atoms with van der Waals surface area (Å²) in [6.07, 6.45) is 3.42. The quantitative estimate of drug-likeness (QED) is 0.787. The Morgan fingerprint density at radius 1 is 1.31 bits per heavy atom. The smallest absolute Gasteiger partial charge is 0.206 e. The van der Waals surface area contributed by atoms with Crippen molar-refractivity contribution in [3.05, 3.63) is 23.7 Å². The number of nitrogens with zero attached hydrogens (tertiary/aromatic N) is 5. The van der Waals surface area contributed by atoms with Crippen molar-refractivity contribution in [2.75, 3.05) is 0 Å². The lowest BCUT2D eigenvalue weighted by molar-refractivity contribution is 0.757. The number of halogens is 1. The summed E-state index contributed by atoms with van der Waals surface area (Å²) in [5.74, 6) is 0.438. The predicted octanol–water partition coefficient (Wildman–Crippen LogP) is 2.21. The first kappa shape index (κ1) is 11.3. The van der Waals surface area contributed by atoms with E-state index in [1.165, 1.54) is 11.8 Å². The van der Waals surface area contributed by atoms with Crippen LogP contribution < -0.4 is 0 Å². The minimum Gasteiger partial charge on any atom is -0.206 e. The Morgan fingerprint density at radius 3 is 2.75 bits per heavy atom. The molecule has 0 aliphatic heterocycles. The second kappa shape index (κ2) is 4.80. The molecule has 0 saturated carbocycles. The molecule has 0 aliphatic rings. The molecule has 16 heavy (non-hydrogen) atoms. The van der Waals surface area contributed by atoms with Gasteiger partial charge in [-0.2, -0.15) is 20.1 Å². The topological polar surface area (TPSA) is 56.5 Å². The lowest BCUT2D eigenvalue weighted by Gasteiger charge is -2.05. The molecule has 0 spiro atoms. The van der Waals surface area contributed by atoms with Crippen LogP contribution in [0.5, 0.6) is 0 Å². The average molecular weight is 256 g/mol. The van der Waals surface area contributed by atoms with Crippen LogP contribution in [0, 0.1) is 0 Å². The molecule has 2 aromatic heterocycles. The lowest BCUT2D eigenvalue weighted by Crippen LogP contribution is -2.05. The van der Waals surface area contributed by atoms with Crippen LogP contribution in [-0.4, -0.2) is 30.0 Å². The minimum absolute atomic E-state index is 0.184. The highest BCUT2D eigenvalue weighted by atomic mass is 35.5. The standard InChI is InChI=1S/C9H10ClN5S/c1-6(2)16-9-13-7(10)12-8(14-9)15-5-3-4-11-15/h3-6H,1-2H3. The summed E-state index contributed by atoms with van der Waals surface area (Å²) in [5, 5.41) is 5.23. The van der Waals surface area contributed by atoms with Crippen molar-refractivity contribution >= 4 is 23.4 Å². The van der Waals surface area contributed by atoms with Gasteiger partial charge in [0.25, 0.3) is 5.95 Å². The van der Waals surface area contributed by atoms with Crippen LogP contribution in [0.4, 0.5) is 0 Å². The maximum atomic E-state index is 5.83. The van der Waals surface area contributed by atoms with E-state index in [2.05, 4.69) is 33.9 Å². The zero-order valence-electron chi connectivity index (χ0n) is 8.83. The van der Waals surface area contributed by atoms with Gasteiger partial charge in [0.2, 0.25) is 5.28 Å². The number of thioether (sulfide) groups is 1. The van der Waals surface area contributed by atoms with Gasteiger partial charge in [0, 0.05) is 17.6 Å². The van der Waals surface area contributed by atoms with Crippen molar-refractivity contribution in [2.24, 2.45) is 0 Å². The van der Waals surface area contributed by atoms with Crippen molar-refractivity contribution in [3.8, 4) is 5.95 Å². The molecule has 84 valence electrons. The number of rotatable bonds is 3. The SMILES string of the molecule is CC(C)Sc1nc(Cl)nc(-n2cccn2)n1. The summed E-state index contributed by atoms with van der Waals surface area (Å²) >= 11 is 7.37. The van der Waals surface area contributed by atoms with Gasteiger partial charge in [-0.1, -0.05) is 25.6 Å². The fraction of sp³-hybridized carbons (Fsp3) is 0.333. The molecule has 0 radical (unpaired) electrons. The first-order valence-corrected chi connectivity index (χ1v) is 5.99. The molecule has 2 aromatic rings. The predicted molar refractivity (Wildman–Crippen MR) is 63.0 cm³/mol. The molecule has 0 fully saturated rings. The van der Waals surface area contributed by atoms with Gasteiger partial charge in [0.15, 0.2) is 5.16 Å². The van der Waals surface area contributed by atoms with Crippen LogP contribution in [-0.2, 0) is 0 Å². The maximum Gasteiger partial charge on any atom is 0.255 e. The van der Waals surface area contributed by atoms with Crippen molar-refractivity contribution in [2.45, 2.75) is 24.3 Å². The molecule has 0 saturated heterocycles. The monoisotopic (exact) mass is 255 g/mol. The molecule has 0 N–H and O–H groups in total. The summed E-state index contributed by atoms with van der Waals surface area (Å²) in [6, 6.07) is 1.80. The van der Waals surface area contributed by atoms with Crippen molar-refractivity contribution in [1.82, 2.24) is 24.7 Å². The molecule has 0 unspecified atom stereocenters. The van der Waals surface area contributed by atoms with E-state index >= 15 is 0 Å². The van der Waals surface area contributed by atoms with Gasteiger partial charge in [-0.25, -0.2) is 4.68 Å². The van der Waals surface area contributed by atoms with Gasteiger partial charge < -0.3 is 0 Å². The molecular formula is C9H10ClN5S. The Kier molecular flexibility index (Phi) is 3.40. The number of hydrogen-bond donors (Lipinski definition) is 0. The third-order valence-corrected chi connectivity index (χ3v) is 2.66. The summed E-state index contributed by atoms with van der Waals surface area (Å²) in [5.41, 5.74) is 0. The summed E-state index contributed by atoms with van der Waals surface area (Å²) in [6.45, 7) is 4.13. The third kappa shape index (κ3) is 2.70. The van der Waals surface area contributed by atoms with Crippen molar-refractivity contribution < 1.29 is 0 Å². The van der Waals surface area contributed by atoms with E-state index in [0.29, 0.717) is 16.4 Å². The Balaban J connectivity index is 2.36. The zero-order valence-corrected chi connectivity index (χ0v) is 10.4. The fourth-order valence-corrected chi connectivity index (χ4v) is 1.98. The Labute approximate surface area is 102 Å². The molecule has 0 amide bonds. The molecule has 5 nitrogen and oxygen atoms in total. The van der Waals surface area contributed by atoms with Gasteiger partial charge in [-0.15, -0.1) is 0 Å². The highest BCUT2D eigenvalue weighted by Crippen LogP contribution is 2.20. The molecule has 2 heterocycles. The normalized spacial score (nSPS) is 11.0. The van der Waals surface area contributed by atoms with Gasteiger partial charge >= 0.3 is 0 Å². The van der Waals surface area contributed by atoms with E-state index in [1.54, 1.807) is 23.1 Å². The van der Waals surface area contributed by atoms with Crippen LogP contribution in [0.3, 0.4) is 0 Å². The first-order chi connectivity index (χ1) is 7.65. The zero-order chi connectivity index (χ0) is 11.5. The largest absolute Gasteiger partial charge is 0.255 e. The summed E-state index contributed by atoms with van der Waals surface area (Å²) in [7, 11) is 0. The van der Waals surface area contributed by atoms with Crippen LogP contribution in [0.25, 0.3) is 5.95 Å². The summed E-state index contributed by atoms with van der Waals surface area (Å²) in [4.78, 5) is 12.3. The second-order valence-corrected chi connectivity index (χ2v) is 5.19. The molecule has 0 atom stereocenters. The minimum atomic E-state index is 0.184. The van der Waals surface area contributed by atoms with E-state index < -0.39 is 0 Å². The molecule has 7 heteroatoms. The second-order valence-electron chi connectivity index (χ2n) is 3.30. The highest BCUT2D eigenvalue weighted by Gasteiger charge is 2.08. The van der Waals surface area contributed by atoms with Crippen LogP contribution in [0.15, 0.2) is 23.6 Å². The third-order valence-electron chi connectivity index (χ3n) is 1.63. The average Bonchev–Trinajstić information content (AvgIpc) is 2.67. The molecular weight excluding hydrogens is 246 g/mol. The van der Waals surface area contributed by atoms with Gasteiger partial charge in [0.1, 0.15) is 0 Å². The van der Waals surface area contributed by atoms with Gasteiger partial charge in [-0.3, -0.25) is 0 Å². The van der Waals surface area contributed by atoms with Crippen LogP contribution in [0.2, 0.25) is 5.28 Å². The van der Waals surface area contributed by atoms with E-state index in [-0.39, 0.29) is 5.28 Å². The van der Waals surface area contributed by atoms with E-state index in [0.717, 1.165) is 0 Å².